The number of aromatic amines is 1. The molecule has 3 rings (SSSR count). The van der Waals surface area contributed by atoms with Crippen molar-refractivity contribution in [3.8, 4) is 0 Å². The van der Waals surface area contributed by atoms with Gasteiger partial charge in [-0.3, -0.25) is 14.7 Å². The monoisotopic (exact) mass is 357 g/mol. The summed E-state index contributed by atoms with van der Waals surface area (Å²) >= 11 is 0. The number of rotatable bonds is 3. The summed E-state index contributed by atoms with van der Waals surface area (Å²) in [5.41, 5.74) is 0.613. The summed E-state index contributed by atoms with van der Waals surface area (Å²) in [6.07, 6.45) is -4.85. The molecule has 132 valence electrons. The Hall–Kier alpha value is -2.98. The smallest absolute Gasteiger partial charge is 0.348 e. The van der Waals surface area contributed by atoms with Crippen molar-refractivity contribution in [2.45, 2.75) is 25.1 Å². The van der Waals surface area contributed by atoms with Gasteiger partial charge in [-0.05, 0) is 17.7 Å². The van der Waals surface area contributed by atoms with Crippen molar-refractivity contribution in [1.82, 2.24) is 20.5 Å². The number of H-pyrrole nitrogens is 1. The molecule has 25 heavy (non-hydrogen) atoms. The van der Waals surface area contributed by atoms with E-state index in [-0.39, 0.29) is 24.5 Å². The predicted molar refractivity (Wildman–Crippen MR) is 75.6 cm³/mol. The maximum atomic E-state index is 13.3. The van der Waals surface area contributed by atoms with E-state index in [0.29, 0.717) is 5.56 Å². The van der Waals surface area contributed by atoms with Crippen molar-refractivity contribution in [2.24, 2.45) is 0 Å². The lowest BCUT2D eigenvalue weighted by Gasteiger charge is -2.24. The van der Waals surface area contributed by atoms with E-state index in [1.165, 1.54) is 6.07 Å². The van der Waals surface area contributed by atoms with E-state index in [0.717, 1.165) is 12.1 Å². The largest absolute Gasteiger partial charge is 0.453 e. The minimum absolute atomic E-state index is 0.158. The first kappa shape index (κ1) is 16.9. The molecule has 0 fully saturated rings. The van der Waals surface area contributed by atoms with Crippen LogP contribution >= 0.6 is 0 Å². The summed E-state index contributed by atoms with van der Waals surface area (Å²) in [5, 5.41) is 9.96. The maximum absolute atomic E-state index is 13.3. The number of alkyl halides is 3. The summed E-state index contributed by atoms with van der Waals surface area (Å²) in [5.74, 6) is -4.02. The fourth-order valence-corrected chi connectivity index (χ4v) is 2.47. The number of hydrogen-bond donors (Lipinski definition) is 3. The standard InChI is InChI=1S/C14H11F4N5O2/c15-6-1-2-7-8(4-11(24)20-9(7)3-6)12(25)19-5-10-21-13(23-22-10)14(16,17)18/h1-3,8H,4-5H2,(H,19,25)(H,20,24)(H,21,22,23)/t8-/m0/s1. The van der Waals surface area contributed by atoms with Gasteiger partial charge in [-0.1, -0.05) is 6.07 Å². The van der Waals surface area contributed by atoms with Gasteiger partial charge in [-0.2, -0.15) is 13.2 Å². The lowest BCUT2D eigenvalue weighted by Crippen LogP contribution is -2.35. The van der Waals surface area contributed by atoms with Crippen LogP contribution in [0.5, 0.6) is 0 Å². The second kappa shape index (κ2) is 6.15. The van der Waals surface area contributed by atoms with Crippen LogP contribution in [0.15, 0.2) is 18.2 Å². The molecular formula is C14H11F4N5O2. The van der Waals surface area contributed by atoms with Gasteiger partial charge in [-0.25, -0.2) is 9.37 Å². The molecular weight excluding hydrogens is 346 g/mol. The van der Waals surface area contributed by atoms with E-state index in [4.69, 9.17) is 0 Å². The van der Waals surface area contributed by atoms with Crippen molar-refractivity contribution in [3.63, 3.8) is 0 Å². The van der Waals surface area contributed by atoms with Gasteiger partial charge in [0.25, 0.3) is 5.82 Å². The van der Waals surface area contributed by atoms with E-state index in [2.05, 4.69) is 25.8 Å². The van der Waals surface area contributed by atoms with E-state index < -0.39 is 35.6 Å². The van der Waals surface area contributed by atoms with Gasteiger partial charge in [0, 0.05) is 12.1 Å². The maximum Gasteiger partial charge on any atom is 0.453 e. The van der Waals surface area contributed by atoms with Gasteiger partial charge >= 0.3 is 6.18 Å². The minimum atomic E-state index is -4.69. The molecule has 0 saturated carbocycles. The number of carbonyl (C=O) groups excluding carboxylic acids is 2. The molecule has 2 amide bonds. The third kappa shape index (κ3) is 3.59. The van der Waals surface area contributed by atoms with Gasteiger partial charge in [-0.15, -0.1) is 5.10 Å². The van der Waals surface area contributed by atoms with Crippen LogP contribution in [0.1, 0.15) is 29.6 Å². The number of amides is 2. The number of fused-ring (bicyclic) bond motifs is 1. The lowest BCUT2D eigenvalue weighted by atomic mass is 9.89. The van der Waals surface area contributed by atoms with Crippen LogP contribution in [0.4, 0.5) is 23.2 Å². The molecule has 3 N–H and O–H groups in total. The second-order valence-corrected chi connectivity index (χ2v) is 5.36. The highest BCUT2D eigenvalue weighted by molar-refractivity contribution is 6.01. The number of halogens is 4. The molecule has 1 atom stereocenters. The average molecular weight is 357 g/mol. The first-order chi connectivity index (χ1) is 11.7. The number of carbonyl (C=O) groups is 2. The number of aromatic nitrogens is 3. The molecule has 1 aromatic heterocycles. The average Bonchev–Trinajstić information content (AvgIpc) is 3.00. The van der Waals surface area contributed by atoms with Crippen LogP contribution in [0.3, 0.4) is 0 Å². The summed E-state index contributed by atoms with van der Waals surface area (Å²) in [6.45, 7) is -0.323. The van der Waals surface area contributed by atoms with Crippen LogP contribution in [0.25, 0.3) is 0 Å². The first-order valence-corrected chi connectivity index (χ1v) is 7.09. The van der Waals surface area contributed by atoms with Gasteiger partial charge in [0.1, 0.15) is 11.6 Å². The predicted octanol–water partition coefficient (Wildman–Crippen LogP) is 1.70. The summed E-state index contributed by atoms with van der Waals surface area (Å²) in [6, 6.07) is 3.63. The third-order valence-electron chi connectivity index (χ3n) is 3.59. The Labute approximate surface area is 137 Å². The van der Waals surface area contributed by atoms with Crippen LogP contribution < -0.4 is 10.6 Å². The quantitative estimate of drug-likeness (QED) is 0.728. The molecule has 0 radical (unpaired) electrons. The number of nitrogens with one attached hydrogen (secondary N) is 3. The summed E-state index contributed by atoms with van der Waals surface area (Å²) < 4.78 is 50.5. The molecule has 0 spiro atoms. The lowest BCUT2D eigenvalue weighted by molar-refractivity contribution is -0.144. The zero-order valence-corrected chi connectivity index (χ0v) is 12.4. The third-order valence-corrected chi connectivity index (χ3v) is 3.59. The highest BCUT2D eigenvalue weighted by Gasteiger charge is 2.36. The first-order valence-electron chi connectivity index (χ1n) is 7.09. The van der Waals surface area contributed by atoms with Crippen LogP contribution in [-0.2, 0) is 22.3 Å². The molecule has 0 saturated heterocycles. The van der Waals surface area contributed by atoms with Gasteiger partial charge in [0.05, 0.1) is 12.5 Å². The van der Waals surface area contributed by atoms with E-state index in [9.17, 15) is 27.2 Å². The molecule has 2 heterocycles. The molecule has 11 heteroatoms. The van der Waals surface area contributed by atoms with Crippen LogP contribution in [-0.4, -0.2) is 27.0 Å². The Morgan fingerprint density at radius 1 is 1.36 bits per heavy atom. The van der Waals surface area contributed by atoms with Crippen molar-refractivity contribution in [1.29, 1.82) is 0 Å². The van der Waals surface area contributed by atoms with Gasteiger partial charge in [0.2, 0.25) is 11.8 Å². The molecule has 0 unspecified atom stereocenters. The highest BCUT2D eigenvalue weighted by Crippen LogP contribution is 2.33. The molecule has 0 bridgehead atoms. The molecule has 1 aliphatic rings. The zero-order chi connectivity index (χ0) is 18.2. The van der Waals surface area contributed by atoms with E-state index >= 15 is 0 Å². The van der Waals surface area contributed by atoms with Crippen molar-refractivity contribution in [3.05, 3.63) is 41.2 Å². The Bertz CT molecular complexity index is 833. The van der Waals surface area contributed by atoms with E-state index in [1.54, 1.807) is 0 Å². The van der Waals surface area contributed by atoms with Gasteiger partial charge < -0.3 is 10.6 Å². The Morgan fingerprint density at radius 2 is 2.12 bits per heavy atom. The fraction of sp³-hybridized carbons (Fsp3) is 0.286. The van der Waals surface area contributed by atoms with E-state index in [1.807, 2.05) is 0 Å². The number of benzene rings is 1. The van der Waals surface area contributed by atoms with Gasteiger partial charge in [0.15, 0.2) is 0 Å². The summed E-state index contributed by atoms with van der Waals surface area (Å²) in [7, 11) is 0. The topological polar surface area (TPSA) is 99.8 Å². The number of anilines is 1. The molecule has 1 aliphatic heterocycles. The fourth-order valence-electron chi connectivity index (χ4n) is 2.47. The molecule has 0 aliphatic carbocycles. The second-order valence-electron chi connectivity index (χ2n) is 5.36. The minimum Gasteiger partial charge on any atom is -0.348 e. The van der Waals surface area contributed by atoms with Crippen LogP contribution in [0.2, 0.25) is 0 Å². The number of hydrogen-bond acceptors (Lipinski definition) is 4. The van der Waals surface area contributed by atoms with Crippen LogP contribution in [0, 0.1) is 5.82 Å². The summed E-state index contributed by atoms with van der Waals surface area (Å²) in [4.78, 5) is 27.2. The SMILES string of the molecule is O=C1C[C@H](C(=O)NCc2nc(C(F)(F)F)n[nH]2)c2ccc(F)cc2N1. The zero-order valence-electron chi connectivity index (χ0n) is 12.4. The van der Waals surface area contributed by atoms with Crippen molar-refractivity contribution >= 4 is 17.5 Å². The number of nitrogens with zero attached hydrogens (tertiary/aromatic N) is 2. The molecule has 7 nitrogen and oxygen atoms in total. The Balaban J connectivity index is 1.72. The Morgan fingerprint density at radius 3 is 2.80 bits per heavy atom. The normalized spacial score (nSPS) is 17.0. The van der Waals surface area contributed by atoms with Crippen molar-refractivity contribution in [2.75, 3.05) is 5.32 Å². The van der Waals surface area contributed by atoms with Crippen molar-refractivity contribution < 1.29 is 27.2 Å². The molecule has 1 aromatic carbocycles. The highest BCUT2D eigenvalue weighted by atomic mass is 19.4. The Kier molecular flexibility index (Phi) is 4.15. The molecule has 2 aromatic rings.